The Morgan fingerprint density at radius 3 is 2.00 bits per heavy atom. The monoisotopic (exact) mass is 614 g/mol. The van der Waals surface area contributed by atoms with Gasteiger partial charge in [-0.1, -0.05) is 24.3 Å². The lowest BCUT2D eigenvalue weighted by Gasteiger charge is -2.23. The highest BCUT2D eigenvalue weighted by Gasteiger charge is 2.28. The highest BCUT2D eigenvalue weighted by Crippen LogP contribution is 2.30. The van der Waals surface area contributed by atoms with Crippen molar-refractivity contribution in [2.45, 2.75) is 56.4 Å². The van der Waals surface area contributed by atoms with Gasteiger partial charge in [0.1, 0.15) is 17.2 Å². The zero-order valence-electron chi connectivity index (χ0n) is 24.5. The molecule has 0 aliphatic carbocycles. The van der Waals surface area contributed by atoms with Gasteiger partial charge < -0.3 is 23.7 Å². The summed E-state index contributed by atoms with van der Waals surface area (Å²) in [5.74, 6) is 1.39. The minimum atomic E-state index is -4.21. The fraction of sp³-hybridized carbons (Fsp3) is 0.419. The fourth-order valence-electron chi connectivity index (χ4n) is 4.59. The molecule has 1 heterocycles. The molecule has 1 aliphatic rings. The minimum Gasteiger partial charge on any atom is -0.497 e. The van der Waals surface area contributed by atoms with Gasteiger partial charge in [0.05, 0.1) is 36.7 Å². The van der Waals surface area contributed by atoms with Gasteiger partial charge in [0.2, 0.25) is 10.0 Å². The summed E-state index contributed by atoms with van der Waals surface area (Å²) in [5, 5.41) is 11.8. The lowest BCUT2D eigenvalue weighted by molar-refractivity contribution is -0.385. The first kappa shape index (κ1) is 32.2. The number of non-ortho nitro benzene ring substituents is 1. The van der Waals surface area contributed by atoms with Gasteiger partial charge in [-0.05, 0) is 67.5 Å². The number of unbranched alkanes of at least 4 members (excludes halogenated alkanes) is 1. The van der Waals surface area contributed by atoms with Crippen LogP contribution in [0.4, 0.5) is 5.69 Å². The maximum absolute atomic E-state index is 14.0. The lowest BCUT2D eigenvalue weighted by Crippen LogP contribution is -2.30. The standard InChI is InChI=1S/C31H38N2O9S/c1-38-27-12-8-24(9-13-27)22-32(23-25-10-14-28(39-2)15-11-25)43(36,37)30-20-26(33(34)35)19-29(21-30)40-16-5-6-18-42-31-7-3-4-17-41-31/h8-15,19-21,31H,3-7,16-18,22-23H2,1-2H3. The van der Waals surface area contributed by atoms with E-state index in [2.05, 4.69) is 0 Å². The molecule has 0 radical (unpaired) electrons. The Morgan fingerprint density at radius 2 is 1.47 bits per heavy atom. The quantitative estimate of drug-likeness (QED) is 0.113. The predicted molar refractivity (Wildman–Crippen MR) is 160 cm³/mol. The average molecular weight is 615 g/mol. The number of hydrogen-bond acceptors (Lipinski definition) is 9. The summed E-state index contributed by atoms with van der Waals surface area (Å²) in [4.78, 5) is 10.9. The highest BCUT2D eigenvalue weighted by molar-refractivity contribution is 7.89. The Hall–Kier alpha value is -3.71. The van der Waals surface area contributed by atoms with Gasteiger partial charge in [-0.3, -0.25) is 10.1 Å². The van der Waals surface area contributed by atoms with E-state index in [0.29, 0.717) is 37.6 Å². The van der Waals surface area contributed by atoms with E-state index in [9.17, 15) is 18.5 Å². The summed E-state index contributed by atoms with van der Waals surface area (Å²) in [6.45, 7) is 1.53. The molecule has 0 bridgehead atoms. The number of benzene rings is 3. The normalized spacial score (nSPS) is 15.3. The molecule has 1 unspecified atom stereocenters. The number of nitro groups is 1. The number of methoxy groups -OCH3 is 2. The summed E-state index contributed by atoms with van der Waals surface area (Å²) in [5.41, 5.74) is 1.07. The number of ether oxygens (including phenoxy) is 5. The summed E-state index contributed by atoms with van der Waals surface area (Å²) in [7, 11) is -1.10. The Bertz CT molecular complexity index is 1380. The van der Waals surface area contributed by atoms with Crippen LogP contribution in [0.1, 0.15) is 43.2 Å². The third-order valence-electron chi connectivity index (χ3n) is 7.00. The smallest absolute Gasteiger partial charge is 0.274 e. The first-order chi connectivity index (χ1) is 20.8. The van der Waals surface area contributed by atoms with Crippen molar-refractivity contribution in [2.24, 2.45) is 0 Å². The Kier molecular flexibility index (Phi) is 11.7. The van der Waals surface area contributed by atoms with Crippen molar-refractivity contribution in [1.29, 1.82) is 0 Å². The van der Waals surface area contributed by atoms with Gasteiger partial charge in [-0.15, -0.1) is 0 Å². The predicted octanol–water partition coefficient (Wildman–Crippen LogP) is 5.71. The molecule has 1 fully saturated rings. The fourth-order valence-corrected chi connectivity index (χ4v) is 6.06. The second kappa shape index (κ2) is 15.7. The van der Waals surface area contributed by atoms with Crippen LogP contribution in [0.5, 0.6) is 17.2 Å². The van der Waals surface area contributed by atoms with Crippen molar-refractivity contribution in [3.8, 4) is 17.2 Å². The van der Waals surface area contributed by atoms with Gasteiger partial charge >= 0.3 is 0 Å². The van der Waals surface area contributed by atoms with E-state index in [1.165, 1.54) is 16.4 Å². The van der Waals surface area contributed by atoms with E-state index in [1.807, 2.05) is 0 Å². The number of nitro benzene ring substituents is 1. The van der Waals surface area contributed by atoms with Crippen molar-refractivity contribution < 1.29 is 37.0 Å². The molecule has 4 rings (SSSR count). The molecular formula is C31H38N2O9S. The molecule has 11 nitrogen and oxygen atoms in total. The van der Waals surface area contributed by atoms with E-state index >= 15 is 0 Å². The number of sulfonamides is 1. The third kappa shape index (κ3) is 9.39. The van der Waals surface area contributed by atoms with Crippen LogP contribution >= 0.6 is 0 Å². The third-order valence-corrected chi connectivity index (χ3v) is 8.77. The van der Waals surface area contributed by atoms with Crippen molar-refractivity contribution in [2.75, 3.05) is 34.0 Å². The van der Waals surface area contributed by atoms with Crippen molar-refractivity contribution in [1.82, 2.24) is 4.31 Å². The first-order valence-electron chi connectivity index (χ1n) is 14.2. The van der Waals surface area contributed by atoms with Crippen molar-refractivity contribution >= 4 is 15.7 Å². The SMILES string of the molecule is COc1ccc(CN(Cc2ccc(OC)cc2)S(=O)(=O)c2cc(OCCCCOC3CCCCO3)cc([N+](=O)[O-])c2)cc1. The Labute approximate surface area is 252 Å². The Morgan fingerprint density at radius 1 is 0.860 bits per heavy atom. The molecule has 3 aromatic rings. The van der Waals surface area contributed by atoms with Crippen LogP contribution in [-0.2, 0) is 32.6 Å². The van der Waals surface area contributed by atoms with Gasteiger partial charge in [0.25, 0.3) is 5.69 Å². The topological polar surface area (TPSA) is 127 Å². The number of hydrogen-bond donors (Lipinski definition) is 0. The number of rotatable bonds is 16. The van der Waals surface area contributed by atoms with Crippen LogP contribution in [0, 0.1) is 10.1 Å². The van der Waals surface area contributed by atoms with E-state index < -0.39 is 14.9 Å². The van der Waals surface area contributed by atoms with Gasteiger partial charge in [-0.25, -0.2) is 8.42 Å². The minimum absolute atomic E-state index is 0.0297. The number of nitrogens with zero attached hydrogens (tertiary/aromatic N) is 2. The molecule has 0 N–H and O–H groups in total. The second-order valence-corrected chi connectivity index (χ2v) is 12.0. The van der Waals surface area contributed by atoms with E-state index in [4.69, 9.17) is 23.7 Å². The maximum Gasteiger partial charge on any atom is 0.274 e. The molecule has 0 spiro atoms. The van der Waals surface area contributed by atoms with Crippen LogP contribution in [0.3, 0.4) is 0 Å². The van der Waals surface area contributed by atoms with E-state index in [-0.39, 0.29) is 42.3 Å². The lowest BCUT2D eigenvalue weighted by atomic mass is 10.2. The van der Waals surface area contributed by atoms with Gasteiger partial charge in [0, 0.05) is 38.4 Å². The van der Waals surface area contributed by atoms with Crippen LogP contribution in [0.2, 0.25) is 0 Å². The van der Waals surface area contributed by atoms with Gasteiger partial charge in [0.15, 0.2) is 6.29 Å². The second-order valence-electron chi connectivity index (χ2n) is 10.1. The molecule has 1 aliphatic heterocycles. The van der Waals surface area contributed by atoms with Crippen molar-refractivity contribution in [3.63, 3.8) is 0 Å². The van der Waals surface area contributed by atoms with Gasteiger partial charge in [-0.2, -0.15) is 4.31 Å². The molecule has 0 amide bonds. The molecule has 3 aromatic carbocycles. The largest absolute Gasteiger partial charge is 0.497 e. The molecule has 0 aromatic heterocycles. The molecule has 1 saturated heterocycles. The van der Waals surface area contributed by atoms with Crippen molar-refractivity contribution in [3.05, 3.63) is 88.0 Å². The van der Waals surface area contributed by atoms with E-state index in [0.717, 1.165) is 36.5 Å². The summed E-state index contributed by atoms with van der Waals surface area (Å²) in [6, 6.07) is 17.8. The highest BCUT2D eigenvalue weighted by atomic mass is 32.2. The first-order valence-corrected chi connectivity index (χ1v) is 15.6. The molecule has 232 valence electrons. The zero-order valence-corrected chi connectivity index (χ0v) is 25.3. The van der Waals surface area contributed by atoms with Crippen LogP contribution in [0.25, 0.3) is 0 Å². The molecule has 1 atom stereocenters. The van der Waals surface area contributed by atoms with Crippen LogP contribution < -0.4 is 14.2 Å². The summed E-state index contributed by atoms with van der Waals surface area (Å²) >= 11 is 0. The molecule has 43 heavy (non-hydrogen) atoms. The summed E-state index contributed by atoms with van der Waals surface area (Å²) in [6.07, 6.45) is 4.18. The van der Waals surface area contributed by atoms with E-state index in [1.54, 1.807) is 62.8 Å². The average Bonchev–Trinajstić information content (AvgIpc) is 3.03. The zero-order chi connectivity index (χ0) is 30.7. The molecule has 12 heteroatoms. The maximum atomic E-state index is 14.0. The molecular weight excluding hydrogens is 576 g/mol. The molecule has 0 saturated carbocycles. The van der Waals surface area contributed by atoms with Crippen LogP contribution in [-0.4, -0.2) is 58.0 Å². The Balaban J connectivity index is 1.51. The summed E-state index contributed by atoms with van der Waals surface area (Å²) < 4.78 is 56.9. The van der Waals surface area contributed by atoms with Crippen LogP contribution in [0.15, 0.2) is 71.6 Å².